The predicted octanol–water partition coefficient (Wildman–Crippen LogP) is 1.68. The maximum Gasteiger partial charge on any atom is 0.229 e. The Hall–Kier alpha value is -1.54. The highest BCUT2D eigenvalue weighted by Gasteiger charge is 2.39. The highest BCUT2D eigenvalue weighted by Crippen LogP contribution is 2.29. The number of aromatic nitrogens is 2. The molecular weight excluding hydrogens is 350 g/mol. The summed E-state index contributed by atoms with van der Waals surface area (Å²) in [5.41, 5.74) is 0. The molecule has 8 heteroatoms. The monoisotopic (exact) mass is 377 g/mol. The number of nitrogens with zero attached hydrogens (tertiary/aromatic N) is 5. The standard InChI is InChI=1S/C18H27N5O2S/c1-13-19-20-18(26-13)23-12-14(11-16(23)24)17(25)22-9-7-21(8-10-22)15-5-3-2-4-6-15/h14-15H,2-12H2,1H3. The molecule has 0 N–H and O–H groups in total. The zero-order valence-electron chi connectivity index (χ0n) is 15.4. The number of carbonyl (C=O) groups is 2. The predicted molar refractivity (Wildman–Crippen MR) is 100 cm³/mol. The van der Waals surface area contributed by atoms with Crippen molar-refractivity contribution in [2.24, 2.45) is 5.92 Å². The molecule has 2 aliphatic heterocycles. The average molecular weight is 378 g/mol. The van der Waals surface area contributed by atoms with Gasteiger partial charge >= 0.3 is 0 Å². The first-order valence-corrected chi connectivity index (χ1v) is 10.6. The zero-order chi connectivity index (χ0) is 18.1. The highest BCUT2D eigenvalue weighted by molar-refractivity contribution is 7.15. The van der Waals surface area contributed by atoms with Crippen LogP contribution in [0, 0.1) is 12.8 Å². The van der Waals surface area contributed by atoms with Gasteiger partial charge in [0.25, 0.3) is 0 Å². The van der Waals surface area contributed by atoms with Crippen molar-refractivity contribution < 1.29 is 9.59 Å². The molecular formula is C18H27N5O2S. The second-order valence-electron chi connectivity index (χ2n) is 7.66. The molecule has 3 aliphatic rings. The maximum absolute atomic E-state index is 12.9. The second kappa shape index (κ2) is 7.60. The van der Waals surface area contributed by atoms with Crippen LogP contribution in [0.5, 0.6) is 0 Å². The first-order valence-electron chi connectivity index (χ1n) is 9.75. The lowest BCUT2D eigenvalue weighted by molar-refractivity contribution is -0.137. The van der Waals surface area contributed by atoms with Crippen molar-refractivity contribution in [2.75, 3.05) is 37.6 Å². The van der Waals surface area contributed by atoms with Gasteiger partial charge in [0.05, 0.1) is 5.92 Å². The quantitative estimate of drug-likeness (QED) is 0.802. The van der Waals surface area contributed by atoms with Crippen LogP contribution in [0.25, 0.3) is 0 Å². The van der Waals surface area contributed by atoms with E-state index >= 15 is 0 Å². The summed E-state index contributed by atoms with van der Waals surface area (Å²) >= 11 is 1.41. The Bertz CT molecular complexity index is 664. The van der Waals surface area contributed by atoms with E-state index in [4.69, 9.17) is 0 Å². The number of hydrogen-bond donors (Lipinski definition) is 0. The summed E-state index contributed by atoms with van der Waals surface area (Å²) in [5.74, 6) is -0.126. The Morgan fingerprint density at radius 2 is 1.81 bits per heavy atom. The molecule has 142 valence electrons. The van der Waals surface area contributed by atoms with Crippen LogP contribution in [-0.4, -0.2) is 70.6 Å². The van der Waals surface area contributed by atoms with Crippen molar-refractivity contribution in [3.63, 3.8) is 0 Å². The molecule has 0 radical (unpaired) electrons. The van der Waals surface area contributed by atoms with Crippen LogP contribution in [0.15, 0.2) is 0 Å². The lowest BCUT2D eigenvalue weighted by Gasteiger charge is -2.41. The summed E-state index contributed by atoms with van der Waals surface area (Å²) in [4.78, 5) is 31.4. The smallest absolute Gasteiger partial charge is 0.229 e. The fourth-order valence-electron chi connectivity index (χ4n) is 4.46. The van der Waals surface area contributed by atoms with Gasteiger partial charge in [-0.05, 0) is 19.8 Å². The molecule has 1 aromatic rings. The van der Waals surface area contributed by atoms with E-state index in [1.165, 1.54) is 43.4 Å². The maximum atomic E-state index is 12.9. The third kappa shape index (κ3) is 3.62. The van der Waals surface area contributed by atoms with Gasteiger partial charge in [0.15, 0.2) is 0 Å². The van der Waals surface area contributed by atoms with Crippen LogP contribution in [0.1, 0.15) is 43.5 Å². The van der Waals surface area contributed by atoms with Crippen molar-refractivity contribution in [1.29, 1.82) is 0 Å². The average Bonchev–Trinajstić information content (AvgIpc) is 3.27. The van der Waals surface area contributed by atoms with E-state index in [1.54, 1.807) is 4.90 Å². The van der Waals surface area contributed by atoms with Crippen LogP contribution in [-0.2, 0) is 9.59 Å². The minimum atomic E-state index is -0.243. The van der Waals surface area contributed by atoms with Gasteiger partial charge in [-0.15, -0.1) is 10.2 Å². The fourth-order valence-corrected chi connectivity index (χ4v) is 5.18. The summed E-state index contributed by atoms with van der Waals surface area (Å²) in [6, 6.07) is 0.713. The minimum Gasteiger partial charge on any atom is -0.340 e. The van der Waals surface area contributed by atoms with E-state index < -0.39 is 0 Å². The molecule has 3 fully saturated rings. The van der Waals surface area contributed by atoms with Crippen LogP contribution < -0.4 is 4.90 Å². The number of piperazine rings is 1. The molecule has 0 spiro atoms. The topological polar surface area (TPSA) is 69.6 Å². The Morgan fingerprint density at radius 1 is 1.08 bits per heavy atom. The molecule has 1 atom stereocenters. The summed E-state index contributed by atoms with van der Waals surface area (Å²) in [5, 5.41) is 9.49. The third-order valence-corrected chi connectivity index (χ3v) is 6.80. The Balaban J connectivity index is 1.32. The van der Waals surface area contributed by atoms with Crippen molar-refractivity contribution in [3.8, 4) is 0 Å². The van der Waals surface area contributed by atoms with Crippen molar-refractivity contribution in [1.82, 2.24) is 20.0 Å². The third-order valence-electron chi connectivity index (χ3n) is 5.94. The number of hydrogen-bond acceptors (Lipinski definition) is 6. The van der Waals surface area contributed by atoms with Gasteiger partial charge in [-0.3, -0.25) is 19.4 Å². The molecule has 0 aromatic carbocycles. The number of amides is 2. The largest absolute Gasteiger partial charge is 0.340 e. The first kappa shape index (κ1) is 17.9. The van der Waals surface area contributed by atoms with E-state index in [-0.39, 0.29) is 17.7 Å². The molecule has 2 saturated heterocycles. The molecule has 4 rings (SSSR count). The number of carbonyl (C=O) groups excluding carboxylic acids is 2. The molecule has 1 unspecified atom stereocenters. The van der Waals surface area contributed by atoms with Gasteiger partial charge in [-0.25, -0.2) is 0 Å². The van der Waals surface area contributed by atoms with Crippen LogP contribution in [0.4, 0.5) is 5.13 Å². The van der Waals surface area contributed by atoms with Crippen molar-refractivity contribution in [3.05, 3.63) is 5.01 Å². The first-order chi connectivity index (χ1) is 12.6. The summed E-state index contributed by atoms with van der Waals surface area (Å²) < 4.78 is 0. The van der Waals surface area contributed by atoms with Gasteiger partial charge < -0.3 is 4.90 Å². The lowest BCUT2D eigenvalue weighted by Crippen LogP contribution is -2.53. The summed E-state index contributed by atoms with van der Waals surface area (Å²) in [7, 11) is 0. The minimum absolute atomic E-state index is 0.0136. The Morgan fingerprint density at radius 3 is 2.46 bits per heavy atom. The van der Waals surface area contributed by atoms with Crippen LogP contribution in [0.3, 0.4) is 0 Å². The molecule has 1 saturated carbocycles. The zero-order valence-corrected chi connectivity index (χ0v) is 16.2. The highest BCUT2D eigenvalue weighted by atomic mass is 32.1. The molecule has 3 heterocycles. The second-order valence-corrected chi connectivity index (χ2v) is 8.82. The molecule has 1 aromatic heterocycles. The van der Waals surface area contributed by atoms with Crippen LogP contribution in [0.2, 0.25) is 0 Å². The van der Waals surface area contributed by atoms with Gasteiger partial charge in [-0.2, -0.15) is 0 Å². The van der Waals surface area contributed by atoms with E-state index in [2.05, 4.69) is 15.1 Å². The van der Waals surface area contributed by atoms with E-state index in [0.29, 0.717) is 24.1 Å². The van der Waals surface area contributed by atoms with Gasteiger partial charge in [0.1, 0.15) is 5.01 Å². The molecule has 7 nitrogen and oxygen atoms in total. The van der Waals surface area contributed by atoms with E-state index in [1.807, 2.05) is 11.8 Å². The van der Waals surface area contributed by atoms with Gasteiger partial charge in [0, 0.05) is 45.2 Å². The van der Waals surface area contributed by atoms with Crippen LogP contribution >= 0.6 is 11.3 Å². The van der Waals surface area contributed by atoms with Gasteiger partial charge in [-0.1, -0.05) is 30.6 Å². The van der Waals surface area contributed by atoms with Crippen molar-refractivity contribution in [2.45, 2.75) is 51.5 Å². The molecule has 0 bridgehead atoms. The van der Waals surface area contributed by atoms with E-state index in [0.717, 1.165) is 31.2 Å². The molecule has 2 amide bonds. The fraction of sp³-hybridized carbons (Fsp3) is 0.778. The Labute approximate surface area is 158 Å². The summed E-state index contributed by atoms with van der Waals surface area (Å²) in [6.45, 7) is 5.83. The number of rotatable bonds is 3. The summed E-state index contributed by atoms with van der Waals surface area (Å²) in [6.07, 6.45) is 6.96. The normalized spacial score (nSPS) is 25.9. The Kier molecular flexibility index (Phi) is 5.22. The molecule has 26 heavy (non-hydrogen) atoms. The number of anilines is 1. The van der Waals surface area contributed by atoms with Gasteiger partial charge in [0.2, 0.25) is 16.9 Å². The molecule has 1 aliphatic carbocycles. The van der Waals surface area contributed by atoms with E-state index in [9.17, 15) is 9.59 Å². The lowest BCUT2D eigenvalue weighted by atomic mass is 9.93. The number of aryl methyl sites for hydroxylation is 1. The SMILES string of the molecule is Cc1nnc(N2CC(C(=O)N3CCN(C4CCCCC4)CC3)CC2=O)s1. The van der Waals surface area contributed by atoms with Crippen molar-refractivity contribution >= 4 is 28.3 Å².